The van der Waals surface area contributed by atoms with Crippen molar-refractivity contribution in [3.63, 3.8) is 0 Å². The van der Waals surface area contributed by atoms with Crippen molar-refractivity contribution in [2.24, 2.45) is 13.0 Å². The summed E-state index contributed by atoms with van der Waals surface area (Å²) in [5.41, 5.74) is 1.21. The van der Waals surface area contributed by atoms with Gasteiger partial charge in [0.05, 0.1) is 0 Å². The molecule has 146 valence electrons. The van der Waals surface area contributed by atoms with Gasteiger partial charge < -0.3 is 9.42 Å². The van der Waals surface area contributed by atoms with Gasteiger partial charge in [-0.3, -0.25) is 9.48 Å². The second kappa shape index (κ2) is 7.92. The number of hydrogen-bond acceptors (Lipinski definition) is 5. The van der Waals surface area contributed by atoms with Crippen molar-refractivity contribution in [1.82, 2.24) is 24.8 Å². The first-order valence-electron chi connectivity index (χ1n) is 9.46. The highest BCUT2D eigenvalue weighted by Gasteiger charge is 2.25. The molecule has 0 saturated carbocycles. The summed E-state index contributed by atoms with van der Waals surface area (Å²) in [6.07, 6.45) is 5.38. The Bertz CT molecular complexity index is 942. The van der Waals surface area contributed by atoms with Crippen molar-refractivity contribution in [3.8, 4) is 11.5 Å². The summed E-state index contributed by atoms with van der Waals surface area (Å²) in [6, 6.07) is 7.75. The number of halogens is 1. The predicted octanol–water partition coefficient (Wildman–Crippen LogP) is 3.09. The zero-order valence-electron chi connectivity index (χ0n) is 15.7. The molecule has 28 heavy (non-hydrogen) atoms. The Balaban J connectivity index is 1.27. The van der Waals surface area contributed by atoms with E-state index in [9.17, 15) is 9.18 Å². The molecule has 0 bridgehead atoms. The topological polar surface area (TPSA) is 77.0 Å². The lowest BCUT2D eigenvalue weighted by molar-refractivity contribution is 0.0680. The van der Waals surface area contributed by atoms with Crippen LogP contribution in [0, 0.1) is 11.7 Å². The summed E-state index contributed by atoms with van der Waals surface area (Å²) < 4.78 is 19.9. The molecule has 0 radical (unpaired) electrons. The molecule has 1 aliphatic rings. The lowest BCUT2D eigenvalue weighted by Gasteiger charge is -2.31. The molecule has 1 amide bonds. The summed E-state index contributed by atoms with van der Waals surface area (Å²) in [6.45, 7) is 1.49. The van der Waals surface area contributed by atoms with Crippen LogP contribution in [0.3, 0.4) is 0 Å². The van der Waals surface area contributed by atoms with Crippen LogP contribution in [0.25, 0.3) is 11.5 Å². The third kappa shape index (κ3) is 4.11. The summed E-state index contributed by atoms with van der Waals surface area (Å²) in [5, 5.41) is 8.22. The molecule has 1 aromatic carbocycles. The van der Waals surface area contributed by atoms with Gasteiger partial charge in [-0.1, -0.05) is 5.16 Å². The number of carbonyl (C=O) groups excluding carboxylic acids is 1. The van der Waals surface area contributed by atoms with Crippen LogP contribution in [0.5, 0.6) is 0 Å². The van der Waals surface area contributed by atoms with E-state index in [1.54, 1.807) is 29.1 Å². The molecular formula is C20H22FN5O2. The first-order chi connectivity index (χ1) is 13.6. The minimum absolute atomic E-state index is 0.00107. The van der Waals surface area contributed by atoms with E-state index in [2.05, 4.69) is 15.2 Å². The second-order valence-electron chi connectivity index (χ2n) is 7.17. The number of likely N-dealkylation sites (tertiary alicyclic amines) is 1. The summed E-state index contributed by atoms with van der Waals surface area (Å²) in [5.74, 6) is 1.30. The molecule has 0 unspecified atom stereocenters. The quantitative estimate of drug-likeness (QED) is 0.677. The van der Waals surface area contributed by atoms with Gasteiger partial charge in [-0.05, 0) is 55.5 Å². The molecule has 0 N–H and O–H groups in total. The molecule has 0 atom stereocenters. The molecule has 1 aliphatic heterocycles. The molecule has 2 aromatic heterocycles. The fourth-order valence-electron chi connectivity index (χ4n) is 3.51. The Morgan fingerprint density at radius 2 is 1.96 bits per heavy atom. The van der Waals surface area contributed by atoms with E-state index >= 15 is 0 Å². The van der Waals surface area contributed by atoms with Crippen LogP contribution in [0.4, 0.5) is 4.39 Å². The van der Waals surface area contributed by atoms with Crippen LogP contribution in [0.2, 0.25) is 0 Å². The zero-order valence-corrected chi connectivity index (χ0v) is 15.7. The second-order valence-corrected chi connectivity index (χ2v) is 7.17. The van der Waals surface area contributed by atoms with E-state index in [4.69, 9.17) is 4.52 Å². The standard InChI is InChI=1S/C20H22FN5O2/c1-25-11-10-17(23-25)20(27)26-12-8-14(9-13-26)2-7-18-22-19(28-24-18)15-3-5-16(21)6-4-15/h3-6,10-11,14H,2,7-9,12-13H2,1H3. The Morgan fingerprint density at radius 1 is 1.21 bits per heavy atom. The first-order valence-corrected chi connectivity index (χ1v) is 9.46. The Hall–Kier alpha value is -3.03. The number of aromatic nitrogens is 4. The van der Waals surface area contributed by atoms with Gasteiger partial charge in [-0.15, -0.1) is 0 Å². The van der Waals surface area contributed by atoms with E-state index in [0.717, 1.165) is 38.8 Å². The Morgan fingerprint density at radius 3 is 2.64 bits per heavy atom. The molecule has 3 heterocycles. The minimum atomic E-state index is -0.295. The molecule has 1 fully saturated rings. The van der Waals surface area contributed by atoms with Gasteiger partial charge >= 0.3 is 0 Å². The number of aryl methyl sites for hydroxylation is 2. The van der Waals surface area contributed by atoms with Crippen molar-refractivity contribution in [1.29, 1.82) is 0 Å². The Kier molecular flexibility index (Phi) is 5.18. The van der Waals surface area contributed by atoms with E-state index in [1.165, 1.54) is 12.1 Å². The third-order valence-corrected chi connectivity index (χ3v) is 5.17. The van der Waals surface area contributed by atoms with Crippen LogP contribution in [0.15, 0.2) is 41.1 Å². The summed E-state index contributed by atoms with van der Waals surface area (Å²) in [4.78, 5) is 18.7. The van der Waals surface area contributed by atoms with E-state index in [1.807, 2.05) is 11.9 Å². The third-order valence-electron chi connectivity index (χ3n) is 5.17. The number of nitrogens with zero attached hydrogens (tertiary/aromatic N) is 5. The van der Waals surface area contributed by atoms with Gasteiger partial charge in [0.25, 0.3) is 11.8 Å². The van der Waals surface area contributed by atoms with Crippen LogP contribution < -0.4 is 0 Å². The molecule has 7 nitrogen and oxygen atoms in total. The summed E-state index contributed by atoms with van der Waals surface area (Å²) in [7, 11) is 1.81. The molecule has 0 spiro atoms. The average Bonchev–Trinajstić information content (AvgIpc) is 3.36. The zero-order chi connectivity index (χ0) is 19.5. The van der Waals surface area contributed by atoms with Crippen molar-refractivity contribution >= 4 is 5.91 Å². The van der Waals surface area contributed by atoms with Crippen molar-refractivity contribution in [2.45, 2.75) is 25.7 Å². The predicted molar refractivity (Wildman–Crippen MR) is 99.8 cm³/mol. The maximum absolute atomic E-state index is 13.0. The van der Waals surface area contributed by atoms with Crippen LogP contribution >= 0.6 is 0 Å². The lowest BCUT2D eigenvalue weighted by atomic mass is 9.92. The number of carbonyl (C=O) groups is 1. The molecule has 0 aliphatic carbocycles. The number of rotatable bonds is 5. The first kappa shape index (κ1) is 18.3. The highest BCUT2D eigenvalue weighted by molar-refractivity contribution is 5.92. The van der Waals surface area contributed by atoms with E-state index in [-0.39, 0.29) is 11.7 Å². The number of amides is 1. The molecule has 8 heteroatoms. The van der Waals surface area contributed by atoms with Gasteiger partial charge in [0.15, 0.2) is 5.82 Å². The average molecular weight is 383 g/mol. The van der Waals surface area contributed by atoms with Crippen LogP contribution in [0.1, 0.15) is 35.6 Å². The lowest BCUT2D eigenvalue weighted by Crippen LogP contribution is -2.38. The summed E-state index contributed by atoms with van der Waals surface area (Å²) >= 11 is 0. The van der Waals surface area contributed by atoms with Gasteiger partial charge in [0.2, 0.25) is 0 Å². The highest BCUT2D eigenvalue weighted by atomic mass is 19.1. The van der Waals surface area contributed by atoms with Gasteiger partial charge in [-0.2, -0.15) is 10.1 Å². The largest absolute Gasteiger partial charge is 0.337 e. The number of hydrogen-bond donors (Lipinski definition) is 0. The van der Waals surface area contributed by atoms with E-state index < -0.39 is 0 Å². The Labute approximate surface area is 162 Å². The monoisotopic (exact) mass is 383 g/mol. The number of piperidine rings is 1. The maximum Gasteiger partial charge on any atom is 0.274 e. The smallest absolute Gasteiger partial charge is 0.274 e. The molecule has 4 rings (SSSR count). The van der Waals surface area contributed by atoms with Gasteiger partial charge in [0.1, 0.15) is 11.5 Å². The highest BCUT2D eigenvalue weighted by Crippen LogP contribution is 2.24. The van der Waals surface area contributed by atoms with Crippen molar-refractivity contribution in [2.75, 3.05) is 13.1 Å². The van der Waals surface area contributed by atoms with Gasteiger partial charge in [0, 0.05) is 38.3 Å². The molecule has 1 saturated heterocycles. The van der Waals surface area contributed by atoms with E-state index in [0.29, 0.717) is 28.9 Å². The normalized spacial score (nSPS) is 15.1. The fraction of sp³-hybridized carbons (Fsp3) is 0.400. The molecular weight excluding hydrogens is 361 g/mol. The fourth-order valence-corrected chi connectivity index (χ4v) is 3.51. The maximum atomic E-state index is 13.0. The van der Waals surface area contributed by atoms with Crippen LogP contribution in [-0.2, 0) is 13.5 Å². The minimum Gasteiger partial charge on any atom is -0.337 e. The van der Waals surface area contributed by atoms with Crippen molar-refractivity contribution in [3.05, 3.63) is 53.9 Å². The SMILES string of the molecule is Cn1ccc(C(=O)N2CCC(CCc3noc(-c4ccc(F)cc4)n3)CC2)n1. The van der Waals surface area contributed by atoms with Gasteiger partial charge in [-0.25, -0.2) is 4.39 Å². The van der Waals surface area contributed by atoms with Crippen LogP contribution in [-0.4, -0.2) is 43.8 Å². The van der Waals surface area contributed by atoms with Crippen molar-refractivity contribution < 1.29 is 13.7 Å². The number of benzene rings is 1. The molecule has 3 aromatic rings.